The van der Waals surface area contributed by atoms with Gasteiger partial charge in [0.2, 0.25) is 11.8 Å². The number of sulfone groups is 1. The van der Waals surface area contributed by atoms with Crippen LogP contribution in [0.5, 0.6) is 23.0 Å². The number of anilines is 2. The average molecular weight is 932 g/mol. The second-order valence-electron chi connectivity index (χ2n) is 18.0. The molecule has 16 nitrogen and oxygen atoms in total. The van der Waals surface area contributed by atoms with Gasteiger partial charge in [-0.2, -0.15) is 5.10 Å². The Bertz CT molecular complexity index is 2810. The topological polar surface area (TPSA) is 173 Å². The number of ether oxygens (including phenoxy) is 3. The SMILES string of the molecule is CCOc1cc([C@@H](CS(C)(=O)=O)N2C(=O)c3cccc(N4CCC(CCN5CCN(c6ccc(Oc7ccc8c(C9CCC(=O)NC9=O)nn(C)c8c7)cc6)CC5)CC4)c3C2=O)ccc1OC. The molecule has 0 aliphatic carbocycles. The van der Waals surface area contributed by atoms with Gasteiger partial charge >= 0.3 is 0 Å². The zero-order chi connectivity index (χ0) is 47.0. The Balaban J connectivity index is 0.765. The number of piperazine rings is 1. The van der Waals surface area contributed by atoms with Gasteiger partial charge in [0.25, 0.3) is 11.8 Å². The minimum atomic E-state index is -3.62. The smallest absolute Gasteiger partial charge is 0.264 e. The van der Waals surface area contributed by atoms with E-state index in [4.69, 9.17) is 14.2 Å². The molecule has 67 heavy (non-hydrogen) atoms. The summed E-state index contributed by atoms with van der Waals surface area (Å²) in [6.07, 6.45) is 4.86. The summed E-state index contributed by atoms with van der Waals surface area (Å²) in [4.78, 5) is 60.9. The van der Waals surface area contributed by atoms with E-state index in [1.807, 2.05) is 50.4 Å². The summed E-state index contributed by atoms with van der Waals surface area (Å²) in [6, 6.07) is 23.2. The summed E-state index contributed by atoms with van der Waals surface area (Å²) in [5.74, 6) is 0.348. The molecule has 4 aliphatic heterocycles. The maximum absolute atomic E-state index is 14.3. The van der Waals surface area contributed by atoms with E-state index in [2.05, 4.69) is 37.2 Å². The molecule has 0 radical (unpaired) electrons. The fraction of sp³-hybridized carbons (Fsp3) is 0.420. The van der Waals surface area contributed by atoms with Crippen LogP contribution in [-0.4, -0.2) is 123 Å². The molecule has 17 heteroatoms. The third kappa shape index (κ3) is 9.57. The van der Waals surface area contributed by atoms with Crippen molar-refractivity contribution in [3.8, 4) is 23.0 Å². The Hall–Kier alpha value is -6.46. The van der Waals surface area contributed by atoms with Crippen molar-refractivity contribution in [2.75, 3.05) is 81.3 Å². The van der Waals surface area contributed by atoms with Crippen molar-refractivity contribution >= 4 is 55.7 Å². The van der Waals surface area contributed by atoms with E-state index < -0.39 is 39.4 Å². The van der Waals surface area contributed by atoms with Crippen LogP contribution in [0, 0.1) is 5.92 Å². The van der Waals surface area contributed by atoms with Crippen molar-refractivity contribution in [3.63, 3.8) is 0 Å². The van der Waals surface area contributed by atoms with Crippen LogP contribution in [0.3, 0.4) is 0 Å². The minimum absolute atomic E-state index is 0.247. The summed E-state index contributed by atoms with van der Waals surface area (Å²) in [5, 5.41) is 7.94. The number of carbonyl (C=O) groups is 4. The molecule has 1 N–H and O–H groups in total. The van der Waals surface area contributed by atoms with Crippen molar-refractivity contribution in [3.05, 3.63) is 101 Å². The molecule has 0 bridgehead atoms. The first-order chi connectivity index (χ1) is 32.3. The van der Waals surface area contributed by atoms with E-state index in [0.29, 0.717) is 65.1 Å². The van der Waals surface area contributed by atoms with E-state index in [-0.39, 0.29) is 17.4 Å². The number of imide groups is 2. The highest BCUT2D eigenvalue weighted by Gasteiger charge is 2.44. The number of amides is 4. The molecule has 1 aromatic heterocycles. The lowest BCUT2D eigenvalue weighted by Gasteiger charge is -2.38. The van der Waals surface area contributed by atoms with E-state index in [9.17, 15) is 27.6 Å². The highest BCUT2D eigenvalue weighted by molar-refractivity contribution is 7.90. The molecule has 4 aromatic carbocycles. The Morgan fingerprint density at radius 3 is 2.27 bits per heavy atom. The number of hydrogen-bond donors (Lipinski definition) is 1. The first-order valence-electron chi connectivity index (χ1n) is 23.1. The van der Waals surface area contributed by atoms with E-state index in [1.54, 1.807) is 35.0 Å². The summed E-state index contributed by atoms with van der Waals surface area (Å²) in [5.41, 5.74) is 4.46. The largest absolute Gasteiger partial charge is 0.493 e. The fourth-order valence-electron chi connectivity index (χ4n) is 10.1. The summed E-state index contributed by atoms with van der Waals surface area (Å²) in [7, 11) is -0.267. The maximum atomic E-state index is 14.3. The fourth-order valence-corrected chi connectivity index (χ4v) is 11.0. The number of benzene rings is 4. The second kappa shape index (κ2) is 19.0. The number of piperidine rings is 2. The number of nitrogens with one attached hydrogen (secondary N) is 1. The highest BCUT2D eigenvalue weighted by Crippen LogP contribution is 2.41. The van der Waals surface area contributed by atoms with Crippen LogP contribution in [0.25, 0.3) is 10.9 Å². The van der Waals surface area contributed by atoms with Gasteiger partial charge in [-0.25, -0.2) is 8.42 Å². The standard InChI is InChI=1S/C50H57N7O9S/c1-5-65-44-29-33(9-17-43(44)64-3)42(31-67(4,62)63)57-49(60)38-7-6-8-40(46(38)50(57)61)56-23-20-32(21-24-56)19-22-54-25-27-55(28-26-54)34-10-12-35(13-11-34)66-36-14-15-37-41(30-36)53(2)52-47(37)39-16-18-45(58)51-48(39)59/h6-15,17,29-30,32,39,42H,5,16,18-28,31H2,1-4H3,(H,51,58,59)/t39?,42-/m1/s1. The third-order valence-corrected chi connectivity index (χ3v) is 14.5. The van der Waals surface area contributed by atoms with Gasteiger partial charge in [0.1, 0.15) is 21.3 Å². The molecular weight excluding hydrogens is 875 g/mol. The average Bonchev–Trinajstić information content (AvgIpc) is 3.78. The molecule has 2 atom stereocenters. The maximum Gasteiger partial charge on any atom is 0.264 e. The third-order valence-electron chi connectivity index (χ3n) is 13.6. The Labute approximate surface area is 390 Å². The van der Waals surface area contributed by atoms with Crippen LogP contribution in [0.2, 0.25) is 0 Å². The van der Waals surface area contributed by atoms with Crippen molar-refractivity contribution < 1.29 is 41.8 Å². The number of methoxy groups -OCH3 is 1. The van der Waals surface area contributed by atoms with Crippen LogP contribution in [0.1, 0.15) is 83.0 Å². The first kappa shape index (κ1) is 45.7. The molecule has 3 fully saturated rings. The van der Waals surface area contributed by atoms with Crippen molar-refractivity contribution in [1.82, 2.24) is 24.9 Å². The van der Waals surface area contributed by atoms with Crippen molar-refractivity contribution in [1.29, 1.82) is 0 Å². The highest BCUT2D eigenvalue weighted by atomic mass is 32.2. The molecule has 3 saturated heterocycles. The normalized spacial score (nSPS) is 18.9. The molecule has 5 heterocycles. The molecule has 352 valence electrons. The first-order valence-corrected chi connectivity index (χ1v) is 25.1. The Morgan fingerprint density at radius 1 is 0.821 bits per heavy atom. The summed E-state index contributed by atoms with van der Waals surface area (Å²) in [6.45, 7) is 8.48. The molecule has 0 spiro atoms. The zero-order valence-corrected chi connectivity index (χ0v) is 39.2. The number of hydrogen-bond acceptors (Lipinski definition) is 13. The van der Waals surface area contributed by atoms with Gasteiger partial charge in [0, 0.05) is 76.1 Å². The van der Waals surface area contributed by atoms with Crippen LogP contribution in [0.15, 0.2) is 78.9 Å². The Morgan fingerprint density at radius 2 is 1.57 bits per heavy atom. The van der Waals surface area contributed by atoms with Gasteiger partial charge < -0.3 is 24.0 Å². The monoisotopic (exact) mass is 931 g/mol. The number of fused-ring (bicyclic) bond motifs is 2. The van der Waals surface area contributed by atoms with Gasteiger partial charge in [0.15, 0.2) is 11.5 Å². The minimum Gasteiger partial charge on any atom is -0.493 e. The van der Waals surface area contributed by atoms with Gasteiger partial charge in [-0.15, -0.1) is 0 Å². The van der Waals surface area contributed by atoms with Crippen LogP contribution in [-0.2, 0) is 26.5 Å². The van der Waals surface area contributed by atoms with E-state index in [1.165, 1.54) is 7.11 Å². The lowest BCUT2D eigenvalue weighted by molar-refractivity contribution is -0.134. The van der Waals surface area contributed by atoms with Crippen LogP contribution >= 0.6 is 0 Å². The number of nitrogens with zero attached hydrogens (tertiary/aromatic N) is 6. The van der Waals surface area contributed by atoms with E-state index in [0.717, 1.165) is 98.6 Å². The van der Waals surface area contributed by atoms with Crippen LogP contribution in [0.4, 0.5) is 11.4 Å². The lowest BCUT2D eigenvalue weighted by Crippen LogP contribution is -2.47. The molecule has 4 amide bonds. The van der Waals surface area contributed by atoms with Crippen LogP contribution < -0.4 is 29.3 Å². The number of carbonyl (C=O) groups excluding carboxylic acids is 4. The van der Waals surface area contributed by atoms with Gasteiger partial charge in [-0.1, -0.05) is 12.1 Å². The molecular formula is C50H57N7O9S. The Kier molecular flexibility index (Phi) is 13.0. The summed E-state index contributed by atoms with van der Waals surface area (Å²) < 4.78 is 44.7. The number of rotatable bonds is 15. The molecule has 9 rings (SSSR count). The van der Waals surface area contributed by atoms with E-state index >= 15 is 0 Å². The zero-order valence-electron chi connectivity index (χ0n) is 38.4. The van der Waals surface area contributed by atoms with Crippen molar-refractivity contribution in [2.24, 2.45) is 13.0 Å². The molecule has 4 aliphatic rings. The van der Waals surface area contributed by atoms with Crippen molar-refractivity contribution in [2.45, 2.75) is 51.0 Å². The van der Waals surface area contributed by atoms with Gasteiger partial charge in [0.05, 0.1) is 59.5 Å². The molecule has 1 unspecified atom stereocenters. The molecule has 5 aromatic rings. The predicted octanol–water partition coefficient (Wildman–Crippen LogP) is 6.10. The number of aryl methyl sites for hydroxylation is 1. The second-order valence-corrected chi connectivity index (χ2v) is 20.2. The predicted molar refractivity (Wildman–Crippen MR) is 254 cm³/mol. The lowest BCUT2D eigenvalue weighted by atomic mass is 9.92. The van der Waals surface area contributed by atoms with Gasteiger partial charge in [-0.3, -0.25) is 39.0 Å². The summed E-state index contributed by atoms with van der Waals surface area (Å²) >= 11 is 0. The number of aromatic nitrogens is 2. The molecule has 0 saturated carbocycles. The quantitative estimate of drug-likeness (QED) is 0.120. The van der Waals surface area contributed by atoms with Gasteiger partial charge in [-0.05, 0) is 111 Å².